The average molecular weight is 536 g/mol. The Labute approximate surface area is 226 Å². The van der Waals surface area contributed by atoms with Gasteiger partial charge in [-0.25, -0.2) is 8.42 Å². The molecule has 2 amide bonds. The number of aryl methyl sites for hydroxylation is 2. The van der Waals surface area contributed by atoms with Gasteiger partial charge in [-0.05, 0) is 62.1 Å². The summed E-state index contributed by atoms with van der Waals surface area (Å²) in [5, 5.41) is 2.95. The zero-order chi connectivity index (χ0) is 27.9. The topological polar surface area (TPSA) is 86.8 Å². The van der Waals surface area contributed by atoms with E-state index in [0.29, 0.717) is 12.1 Å². The van der Waals surface area contributed by atoms with E-state index in [-0.39, 0.29) is 18.5 Å². The summed E-state index contributed by atoms with van der Waals surface area (Å²) in [7, 11) is -3.79. The molecule has 202 valence electrons. The summed E-state index contributed by atoms with van der Waals surface area (Å²) < 4.78 is 26.8. The van der Waals surface area contributed by atoms with Gasteiger partial charge in [-0.3, -0.25) is 13.9 Å². The van der Waals surface area contributed by atoms with E-state index in [1.54, 1.807) is 12.1 Å². The summed E-state index contributed by atoms with van der Waals surface area (Å²) in [4.78, 5) is 29.0. The average Bonchev–Trinajstić information content (AvgIpc) is 2.86. The largest absolute Gasteiger partial charge is 0.352 e. The van der Waals surface area contributed by atoms with Gasteiger partial charge in [-0.1, -0.05) is 66.7 Å². The van der Waals surface area contributed by atoms with Crippen molar-refractivity contribution in [1.29, 1.82) is 0 Å². The van der Waals surface area contributed by atoms with Crippen LogP contribution in [0.25, 0.3) is 0 Å². The maximum Gasteiger partial charge on any atom is 0.244 e. The van der Waals surface area contributed by atoms with E-state index in [2.05, 4.69) is 5.32 Å². The minimum atomic E-state index is -3.79. The lowest BCUT2D eigenvalue weighted by atomic mass is 10.0. The van der Waals surface area contributed by atoms with Crippen LogP contribution in [0.2, 0.25) is 0 Å². The van der Waals surface area contributed by atoms with Crippen molar-refractivity contribution in [2.75, 3.05) is 17.1 Å². The van der Waals surface area contributed by atoms with Gasteiger partial charge in [0.05, 0.1) is 11.9 Å². The van der Waals surface area contributed by atoms with E-state index < -0.39 is 28.5 Å². The Hall–Kier alpha value is -3.65. The minimum Gasteiger partial charge on any atom is -0.352 e. The SMILES string of the molecule is Cc1ccc(N(CC(=O)N(Cc2ccccc2)[C@H](Cc2ccccc2)C(=O)NC(C)C)S(C)(=O)=O)cc1C. The van der Waals surface area contributed by atoms with Crippen LogP contribution in [-0.2, 0) is 32.6 Å². The number of sulfonamides is 1. The molecule has 3 aromatic carbocycles. The molecule has 3 aromatic rings. The molecule has 3 rings (SSSR count). The summed E-state index contributed by atoms with van der Waals surface area (Å²) >= 11 is 0. The Kier molecular flexibility index (Phi) is 9.69. The first-order valence-corrected chi connectivity index (χ1v) is 14.5. The maximum absolute atomic E-state index is 14.0. The van der Waals surface area contributed by atoms with E-state index in [9.17, 15) is 18.0 Å². The van der Waals surface area contributed by atoms with Gasteiger partial charge in [0.2, 0.25) is 21.8 Å². The third-order valence-corrected chi connectivity index (χ3v) is 7.50. The molecule has 1 atom stereocenters. The zero-order valence-electron chi connectivity index (χ0n) is 22.7. The summed E-state index contributed by atoms with van der Waals surface area (Å²) in [5.74, 6) is -0.748. The van der Waals surface area contributed by atoms with Crippen molar-refractivity contribution in [3.63, 3.8) is 0 Å². The van der Waals surface area contributed by atoms with E-state index in [0.717, 1.165) is 32.8 Å². The molecule has 0 aliphatic heterocycles. The van der Waals surface area contributed by atoms with Crippen LogP contribution < -0.4 is 9.62 Å². The maximum atomic E-state index is 14.0. The highest BCUT2D eigenvalue weighted by molar-refractivity contribution is 7.92. The minimum absolute atomic E-state index is 0.127. The Morgan fingerprint density at radius 3 is 1.95 bits per heavy atom. The van der Waals surface area contributed by atoms with Crippen LogP contribution in [0.4, 0.5) is 5.69 Å². The molecule has 0 radical (unpaired) electrons. The lowest BCUT2D eigenvalue weighted by molar-refractivity contribution is -0.140. The Morgan fingerprint density at radius 1 is 0.842 bits per heavy atom. The molecule has 0 heterocycles. The molecular weight excluding hydrogens is 498 g/mol. The second-order valence-electron chi connectivity index (χ2n) is 9.91. The third kappa shape index (κ3) is 7.92. The molecule has 0 saturated carbocycles. The van der Waals surface area contributed by atoms with Crippen molar-refractivity contribution in [2.24, 2.45) is 0 Å². The highest BCUT2D eigenvalue weighted by atomic mass is 32.2. The van der Waals surface area contributed by atoms with Crippen LogP contribution in [0.5, 0.6) is 0 Å². The van der Waals surface area contributed by atoms with Crippen LogP contribution in [0.3, 0.4) is 0 Å². The predicted octanol–water partition coefficient (Wildman–Crippen LogP) is 4.23. The first kappa shape index (κ1) is 28.9. The smallest absolute Gasteiger partial charge is 0.244 e. The number of hydrogen-bond donors (Lipinski definition) is 1. The van der Waals surface area contributed by atoms with Crippen LogP contribution in [0.15, 0.2) is 78.9 Å². The number of rotatable bonds is 11. The third-order valence-electron chi connectivity index (χ3n) is 6.36. The number of benzene rings is 3. The van der Waals surface area contributed by atoms with Crippen molar-refractivity contribution < 1.29 is 18.0 Å². The molecule has 7 nitrogen and oxygen atoms in total. The molecule has 0 unspecified atom stereocenters. The molecule has 0 spiro atoms. The van der Waals surface area contributed by atoms with Gasteiger partial charge in [0.25, 0.3) is 0 Å². The normalized spacial score (nSPS) is 12.2. The van der Waals surface area contributed by atoms with Crippen molar-refractivity contribution in [3.05, 3.63) is 101 Å². The van der Waals surface area contributed by atoms with E-state index >= 15 is 0 Å². The van der Waals surface area contributed by atoms with Gasteiger partial charge in [0.15, 0.2) is 0 Å². The van der Waals surface area contributed by atoms with Crippen molar-refractivity contribution in [2.45, 2.75) is 52.7 Å². The summed E-state index contributed by atoms with van der Waals surface area (Å²) in [6.07, 6.45) is 1.38. The highest BCUT2D eigenvalue weighted by Crippen LogP contribution is 2.23. The second-order valence-corrected chi connectivity index (χ2v) is 11.8. The van der Waals surface area contributed by atoms with E-state index in [1.807, 2.05) is 94.4 Å². The number of carbonyl (C=O) groups excluding carboxylic acids is 2. The van der Waals surface area contributed by atoms with Crippen LogP contribution in [-0.4, -0.2) is 50.0 Å². The lowest BCUT2D eigenvalue weighted by Crippen LogP contribution is -2.54. The second kappa shape index (κ2) is 12.7. The Morgan fingerprint density at radius 2 is 1.42 bits per heavy atom. The van der Waals surface area contributed by atoms with Gasteiger partial charge in [-0.15, -0.1) is 0 Å². The van der Waals surface area contributed by atoms with Crippen molar-refractivity contribution in [3.8, 4) is 0 Å². The summed E-state index contributed by atoms with van der Waals surface area (Å²) in [5.41, 5.74) is 4.09. The van der Waals surface area contributed by atoms with Gasteiger partial charge >= 0.3 is 0 Å². The van der Waals surface area contributed by atoms with E-state index in [4.69, 9.17) is 0 Å². The zero-order valence-corrected chi connectivity index (χ0v) is 23.5. The Bertz CT molecular complexity index is 1340. The number of amides is 2. The number of nitrogens with one attached hydrogen (secondary N) is 1. The number of carbonyl (C=O) groups is 2. The molecule has 1 N–H and O–H groups in total. The van der Waals surface area contributed by atoms with Gasteiger partial charge < -0.3 is 10.2 Å². The van der Waals surface area contributed by atoms with Gasteiger partial charge in [0.1, 0.15) is 12.6 Å². The monoisotopic (exact) mass is 535 g/mol. The van der Waals surface area contributed by atoms with Crippen molar-refractivity contribution in [1.82, 2.24) is 10.2 Å². The number of nitrogens with zero attached hydrogens (tertiary/aromatic N) is 2. The predicted molar refractivity (Wildman–Crippen MR) is 152 cm³/mol. The highest BCUT2D eigenvalue weighted by Gasteiger charge is 2.33. The van der Waals surface area contributed by atoms with Gasteiger partial charge in [-0.2, -0.15) is 0 Å². The molecule has 0 saturated heterocycles. The quantitative estimate of drug-likeness (QED) is 0.398. The van der Waals surface area contributed by atoms with Crippen LogP contribution >= 0.6 is 0 Å². The first-order valence-electron chi connectivity index (χ1n) is 12.7. The molecule has 0 bridgehead atoms. The molecule has 0 aliphatic carbocycles. The standard InChI is InChI=1S/C30H37N3O4S/c1-22(2)31-30(35)28(19-25-12-8-6-9-13-25)32(20-26-14-10-7-11-15-26)29(34)21-33(38(5,36)37)27-17-16-23(3)24(4)18-27/h6-18,22,28H,19-21H2,1-5H3,(H,31,35)/t28-/m1/s1. The number of anilines is 1. The van der Waals surface area contributed by atoms with Crippen LogP contribution in [0.1, 0.15) is 36.1 Å². The molecule has 38 heavy (non-hydrogen) atoms. The summed E-state index contributed by atoms with van der Waals surface area (Å²) in [6, 6.07) is 23.2. The molecule has 8 heteroatoms. The fourth-order valence-corrected chi connectivity index (χ4v) is 5.05. The fourth-order valence-electron chi connectivity index (χ4n) is 4.21. The van der Waals surface area contributed by atoms with E-state index in [1.165, 1.54) is 4.90 Å². The number of hydrogen-bond acceptors (Lipinski definition) is 4. The molecule has 0 aromatic heterocycles. The first-order chi connectivity index (χ1) is 18.0. The molecule has 0 aliphatic rings. The van der Waals surface area contributed by atoms with Crippen molar-refractivity contribution >= 4 is 27.5 Å². The molecular formula is C30H37N3O4S. The van der Waals surface area contributed by atoms with Crippen LogP contribution in [0, 0.1) is 13.8 Å². The summed E-state index contributed by atoms with van der Waals surface area (Å²) in [6.45, 7) is 7.31. The fraction of sp³-hybridized carbons (Fsp3) is 0.333. The van der Waals surface area contributed by atoms with Gasteiger partial charge in [0, 0.05) is 19.0 Å². The Balaban J connectivity index is 2.04. The lowest BCUT2D eigenvalue weighted by Gasteiger charge is -2.34. The molecule has 0 fully saturated rings.